The topological polar surface area (TPSA) is 15.3 Å². The monoisotopic (exact) mass is 202 g/mol. The number of hydrogen-bond acceptors (Lipinski definition) is 2. The molecule has 0 spiro atoms. The second-order valence-electron chi connectivity index (χ2n) is 3.58. The molecule has 0 bridgehead atoms. The Kier molecular flexibility index (Phi) is 15.1. The zero-order valence-electron chi connectivity index (χ0n) is 11.1. The zero-order valence-corrected chi connectivity index (χ0v) is 11.1. The molecule has 0 heterocycles. The fourth-order valence-electron chi connectivity index (χ4n) is 1.20. The number of nitrogens with zero attached hydrogens (tertiary/aromatic N) is 1. The van der Waals surface area contributed by atoms with Crippen LogP contribution in [0.5, 0.6) is 0 Å². The van der Waals surface area contributed by atoms with Crippen molar-refractivity contribution in [3.63, 3.8) is 0 Å². The van der Waals surface area contributed by atoms with E-state index in [0.717, 1.165) is 6.54 Å². The van der Waals surface area contributed by atoms with E-state index in [-0.39, 0.29) is 0 Å². The molecule has 1 N–H and O–H groups in total. The van der Waals surface area contributed by atoms with Crippen molar-refractivity contribution in [1.82, 2.24) is 10.2 Å². The van der Waals surface area contributed by atoms with E-state index < -0.39 is 0 Å². The van der Waals surface area contributed by atoms with Crippen LogP contribution in [-0.4, -0.2) is 38.1 Å². The Morgan fingerprint density at radius 1 is 1.29 bits per heavy atom. The first-order valence-corrected chi connectivity index (χ1v) is 6.07. The summed E-state index contributed by atoms with van der Waals surface area (Å²) in [6, 6.07) is 0.712. The van der Waals surface area contributed by atoms with Crippen LogP contribution in [0.15, 0.2) is 0 Å². The number of nitrogens with one attached hydrogen (secondary N) is 1. The Bertz CT molecular complexity index is 82.3. The van der Waals surface area contributed by atoms with Crippen LogP contribution in [0.1, 0.15) is 47.0 Å². The minimum atomic E-state index is 0.712. The van der Waals surface area contributed by atoms with Crippen LogP contribution >= 0.6 is 0 Å². The molecule has 2 heteroatoms. The Balaban J connectivity index is 0. The molecule has 1 unspecified atom stereocenters. The second-order valence-corrected chi connectivity index (χ2v) is 3.58. The van der Waals surface area contributed by atoms with Crippen molar-refractivity contribution < 1.29 is 0 Å². The van der Waals surface area contributed by atoms with Gasteiger partial charge in [-0.05, 0) is 47.0 Å². The summed E-state index contributed by atoms with van der Waals surface area (Å²) in [7, 11) is 4.23. The van der Waals surface area contributed by atoms with E-state index in [1.807, 2.05) is 20.9 Å². The SMILES string of the molecule is CC.CCCCN(C)C(C)CCNC. The van der Waals surface area contributed by atoms with Crippen LogP contribution in [0.4, 0.5) is 0 Å². The lowest BCUT2D eigenvalue weighted by molar-refractivity contribution is 0.242. The van der Waals surface area contributed by atoms with Gasteiger partial charge in [-0.15, -0.1) is 0 Å². The third kappa shape index (κ3) is 10.0. The zero-order chi connectivity index (χ0) is 11.4. The van der Waals surface area contributed by atoms with E-state index in [4.69, 9.17) is 0 Å². The molecule has 0 saturated heterocycles. The van der Waals surface area contributed by atoms with Gasteiger partial charge in [-0.1, -0.05) is 27.2 Å². The van der Waals surface area contributed by atoms with Gasteiger partial charge >= 0.3 is 0 Å². The standard InChI is InChI=1S/C10H24N2.C2H6/c1-5-6-9-12(4)10(2)7-8-11-3;1-2/h10-11H,5-9H2,1-4H3;1-2H3. The van der Waals surface area contributed by atoms with Gasteiger partial charge in [-0.3, -0.25) is 0 Å². The van der Waals surface area contributed by atoms with Crippen molar-refractivity contribution in [3.05, 3.63) is 0 Å². The highest BCUT2D eigenvalue weighted by Gasteiger charge is 2.06. The molecule has 0 amide bonds. The van der Waals surface area contributed by atoms with Gasteiger partial charge in [0.2, 0.25) is 0 Å². The fourth-order valence-corrected chi connectivity index (χ4v) is 1.20. The smallest absolute Gasteiger partial charge is 0.00759 e. The first-order valence-electron chi connectivity index (χ1n) is 6.07. The third-order valence-electron chi connectivity index (χ3n) is 2.43. The van der Waals surface area contributed by atoms with Crippen LogP contribution in [0.2, 0.25) is 0 Å². The van der Waals surface area contributed by atoms with E-state index in [9.17, 15) is 0 Å². The molecule has 1 atom stereocenters. The van der Waals surface area contributed by atoms with Crippen molar-refractivity contribution in [2.24, 2.45) is 0 Å². The predicted octanol–water partition coefficient (Wildman–Crippen LogP) is 2.74. The lowest BCUT2D eigenvalue weighted by Gasteiger charge is -2.24. The predicted molar refractivity (Wildman–Crippen MR) is 66.9 cm³/mol. The van der Waals surface area contributed by atoms with Crippen LogP contribution < -0.4 is 5.32 Å². The molecular formula is C12H30N2. The van der Waals surface area contributed by atoms with Crippen LogP contribution in [0.3, 0.4) is 0 Å². The van der Waals surface area contributed by atoms with Gasteiger partial charge in [-0.25, -0.2) is 0 Å². The van der Waals surface area contributed by atoms with E-state index in [2.05, 4.69) is 31.1 Å². The molecule has 0 aromatic heterocycles. The van der Waals surface area contributed by atoms with Gasteiger partial charge < -0.3 is 10.2 Å². The lowest BCUT2D eigenvalue weighted by atomic mass is 10.2. The first-order chi connectivity index (χ1) is 6.72. The lowest BCUT2D eigenvalue weighted by Crippen LogP contribution is -2.32. The summed E-state index contributed by atoms with van der Waals surface area (Å²) >= 11 is 0. The van der Waals surface area contributed by atoms with E-state index >= 15 is 0 Å². The highest BCUT2D eigenvalue weighted by molar-refractivity contribution is 4.63. The highest BCUT2D eigenvalue weighted by atomic mass is 15.1. The van der Waals surface area contributed by atoms with Gasteiger partial charge in [-0.2, -0.15) is 0 Å². The van der Waals surface area contributed by atoms with Gasteiger partial charge in [0.25, 0.3) is 0 Å². The van der Waals surface area contributed by atoms with Crippen molar-refractivity contribution in [3.8, 4) is 0 Å². The molecule has 0 aromatic carbocycles. The minimum absolute atomic E-state index is 0.712. The first kappa shape index (κ1) is 16.4. The Morgan fingerprint density at radius 2 is 1.86 bits per heavy atom. The van der Waals surface area contributed by atoms with Crippen molar-refractivity contribution in [2.75, 3.05) is 27.2 Å². The highest BCUT2D eigenvalue weighted by Crippen LogP contribution is 2.01. The molecule has 0 saturated carbocycles. The summed E-state index contributed by atoms with van der Waals surface area (Å²) in [5, 5.41) is 3.18. The number of rotatable bonds is 7. The molecule has 0 aliphatic heterocycles. The van der Waals surface area contributed by atoms with Crippen molar-refractivity contribution in [2.45, 2.75) is 53.0 Å². The van der Waals surface area contributed by atoms with E-state index in [0.29, 0.717) is 6.04 Å². The molecule has 0 fully saturated rings. The number of hydrogen-bond donors (Lipinski definition) is 1. The molecular weight excluding hydrogens is 172 g/mol. The maximum atomic E-state index is 3.18. The molecule has 0 rings (SSSR count). The summed E-state index contributed by atoms with van der Waals surface area (Å²) in [5.41, 5.74) is 0. The Labute approximate surface area is 91.1 Å². The average molecular weight is 202 g/mol. The molecule has 0 aliphatic rings. The van der Waals surface area contributed by atoms with E-state index in [1.54, 1.807) is 0 Å². The average Bonchev–Trinajstić information content (AvgIpc) is 2.25. The minimum Gasteiger partial charge on any atom is -0.320 e. The quantitative estimate of drug-likeness (QED) is 0.683. The molecule has 2 nitrogen and oxygen atoms in total. The van der Waals surface area contributed by atoms with E-state index in [1.165, 1.54) is 25.8 Å². The van der Waals surface area contributed by atoms with Crippen LogP contribution in [0, 0.1) is 0 Å². The summed E-state index contributed by atoms with van der Waals surface area (Å²) in [6.07, 6.45) is 3.86. The van der Waals surface area contributed by atoms with Gasteiger partial charge in [0.15, 0.2) is 0 Å². The third-order valence-corrected chi connectivity index (χ3v) is 2.43. The fraction of sp³-hybridized carbons (Fsp3) is 1.00. The molecule has 14 heavy (non-hydrogen) atoms. The molecule has 0 radical (unpaired) electrons. The van der Waals surface area contributed by atoms with Gasteiger partial charge in [0.05, 0.1) is 0 Å². The maximum Gasteiger partial charge on any atom is 0.00759 e. The summed E-state index contributed by atoms with van der Waals surface area (Å²) in [5.74, 6) is 0. The molecule has 0 aromatic rings. The van der Waals surface area contributed by atoms with Crippen LogP contribution in [-0.2, 0) is 0 Å². The van der Waals surface area contributed by atoms with Gasteiger partial charge in [0, 0.05) is 6.04 Å². The van der Waals surface area contributed by atoms with Gasteiger partial charge in [0.1, 0.15) is 0 Å². The molecule has 88 valence electrons. The van der Waals surface area contributed by atoms with Crippen molar-refractivity contribution >= 4 is 0 Å². The molecule has 0 aliphatic carbocycles. The summed E-state index contributed by atoms with van der Waals surface area (Å²) < 4.78 is 0. The maximum absolute atomic E-state index is 3.18. The largest absolute Gasteiger partial charge is 0.320 e. The second kappa shape index (κ2) is 12.9. The Morgan fingerprint density at radius 3 is 2.29 bits per heavy atom. The normalized spacial score (nSPS) is 12.2. The Hall–Kier alpha value is -0.0800. The van der Waals surface area contributed by atoms with Crippen molar-refractivity contribution in [1.29, 1.82) is 0 Å². The summed E-state index contributed by atoms with van der Waals surface area (Å²) in [6.45, 7) is 10.9. The van der Waals surface area contributed by atoms with Crippen LogP contribution in [0.25, 0.3) is 0 Å². The number of unbranched alkanes of at least 4 members (excludes halogenated alkanes) is 1. The summed E-state index contributed by atoms with van der Waals surface area (Å²) in [4.78, 5) is 2.45.